The Morgan fingerprint density at radius 1 is 1.53 bits per heavy atom. The molecule has 1 atom stereocenters. The van der Waals surface area contributed by atoms with Gasteiger partial charge in [0.05, 0.1) is 0 Å². The van der Waals surface area contributed by atoms with E-state index in [0.29, 0.717) is 11.1 Å². The fourth-order valence-corrected chi connectivity index (χ4v) is 1.62. The van der Waals surface area contributed by atoms with Crippen LogP contribution in [0.5, 0.6) is 0 Å². The minimum Gasteiger partial charge on any atom is -0.479 e. The average molecular weight is 319 g/mol. The topological polar surface area (TPSA) is 83.6 Å². The zero-order valence-corrected chi connectivity index (χ0v) is 9.50. The summed E-state index contributed by atoms with van der Waals surface area (Å²) in [5.74, 6) is -1.57. The number of carboxylic acids is 1. The van der Waals surface area contributed by atoms with Gasteiger partial charge in [-0.05, 0) is 40.8 Å². The van der Waals surface area contributed by atoms with E-state index >= 15 is 0 Å². The number of hydrogen-bond acceptors (Lipinski definition) is 4. The van der Waals surface area contributed by atoms with Gasteiger partial charge in [-0.3, -0.25) is 0 Å². The second kappa shape index (κ2) is 3.78. The van der Waals surface area contributed by atoms with Crippen molar-refractivity contribution in [1.82, 2.24) is 4.98 Å². The maximum atomic E-state index is 10.5. The molecule has 1 unspecified atom stereocenters. The number of carboxylic acid groups (broad SMARTS) is 1. The van der Waals surface area contributed by atoms with E-state index in [1.165, 1.54) is 0 Å². The average Bonchev–Trinajstić information content (AvgIpc) is 2.58. The molecule has 1 heterocycles. The van der Waals surface area contributed by atoms with Crippen LogP contribution in [0.25, 0.3) is 11.1 Å². The fourth-order valence-electron chi connectivity index (χ4n) is 1.14. The first-order chi connectivity index (χ1) is 7.08. The molecule has 2 aromatic rings. The third kappa shape index (κ3) is 1.95. The van der Waals surface area contributed by atoms with Crippen LogP contribution in [-0.2, 0) is 4.79 Å². The predicted molar refractivity (Wildman–Crippen MR) is 59.3 cm³/mol. The number of aromatic nitrogens is 1. The summed E-state index contributed by atoms with van der Waals surface area (Å²) in [6, 6.07) is 5.24. The minimum absolute atomic E-state index is 0.195. The number of carbonyl (C=O) groups is 1. The van der Waals surface area contributed by atoms with Crippen molar-refractivity contribution in [2.75, 3.05) is 0 Å². The lowest BCUT2D eigenvalue weighted by molar-refractivity contribution is -0.148. The first kappa shape index (κ1) is 10.4. The third-order valence-electron chi connectivity index (χ3n) is 1.83. The molecule has 5 nitrogen and oxygen atoms in total. The molecule has 1 aromatic carbocycles. The van der Waals surface area contributed by atoms with E-state index in [1.54, 1.807) is 12.1 Å². The Bertz CT molecular complexity index is 522. The molecule has 0 aliphatic carbocycles. The molecule has 0 spiro atoms. The van der Waals surface area contributed by atoms with Crippen molar-refractivity contribution in [3.63, 3.8) is 0 Å². The number of aliphatic hydroxyl groups excluding tert-OH is 1. The third-order valence-corrected chi connectivity index (χ3v) is 2.50. The number of aliphatic hydroxyl groups is 1. The molecule has 78 valence electrons. The molecular weight excluding hydrogens is 313 g/mol. The maximum Gasteiger partial charge on any atom is 0.342 e. The normalized spacial score (nSPS) is 12.9. The molecular formula is C9H6INO4. The van der Waals surface area contributed by atoms with Crippen molar-refractivity contribution in [3.05, 3.63) is 27.7 Å². The van der Waals surface area contributed by atoms with Gasteiger partial charge in [-0.25, -0.2) is 9.78 Å². The van der Waals surface area contributed by atoms with Gasteiger partial charge in [-0.15, -0.1) is 0 Å². The van der Waals surface area contributed by atoms with Crippen LogP contribution >= 0.6 is 22.6 Å². The van der Waals surface area contributed by atoms with Crippen LogP contribution < -0.4 is 0 Å². The van der Waals surface area contributed by atoms with Gasteiger partial charge in [0.15, 0.2) is 5.58 Å². The van der Waals surface area contributed by atoms with E-state index < -0.39 is 12.1 Å². The standard InChI is InChI=1S/C9H6INO4/c10-4-1-2-6-5(3-4)11-8(15-6)7(12)9(13)14/h1-3,7,12H,(H,13,14). The number of nitrogens with zero attached hydrogens (tertiary/aromatic N) is 1. The van der Waals surface area contributed by atoms with Gasteiger partial charge in [0.25, 0.3) is 0 Å². The fraction of sp³-hybridized carbons (Fsp3) is 0.111. The molecule has 0 fully saturated rings. The number of halogens is 1. The second-order valence-electron chi connectivity index (χ2n) is 2.90. The SMILES string of the molecule is O=C(O)C(O)c1nc2cc(I)ccc2o1. The number of benzene rings is 1. The van der Waals surface area contributed by atoms with Gasteiger partial charge in [0.1, 0.15) is 5.52 Å². The summed E-state index contributed by atoms with van der Waals surface area (Å²) in [7, 11) is 0. The number of oxazole rings is 1. The summed E-state index contributed by atoms with van der Waals surface area (Å²) >= 11 is 2.11. The molecule has 0 saturated heterocycles. The Morgan fingerprint density at radius 2 is 2.27 bits per heavy atom. The Kier molecular flexibility index (Phi) is 2.61. The highest BCUT2D eigenvalue weighted by molar-refractivity contribution is 14.1. The lowest BCUT2D eigenvalue weighted by Crippen LogP contribution is -2.10. The quantitative estimate of drug-likeness (QED) is 0.821. The zero-order valence-electron chi connectivity index (χ0n) is 7.35. The van der Waals surface area contributed by atoms with E-state index in [2.05, 4.69) is 27.6 Å². The van der Waals surface area contributed by atoms with Crippen LogP contribution in [0.15, 0.2) is 22.6 Å². The predicted octanol–water partition coefficient (Wildman–Crippen LogP) is 1.55. The summed E-state index contributed by atoms with van der Waals surface area (Å²) in [4.78, 5) is 14.4. The Hall–Kier alpha value is -1.15. The second-order valence-corrected chi connectivity index (χ2v) is 4.15. The zero-order chi connectivity index (χ0) is 11.0. The van der Waals surface area contributed by atoms with Crippen LogP contribution in [0.2, 0.25) is 0 Å². The lowest BCUT2D eigenvalue weighted by Gasteiger charge is -1.96. The number of rotatable bonds is 2. The number of hydrogen-bond donors (Lipinski definition) is 2. The van der Waals surface area contributed by atoms with Crippen molar-refractivity contribution in [2.45, 2.75) is 6.10 Å². The lowest BCUT2D eigenvalue weighted by atomic mass is 10.3. The molecule has 0 bridgehead atoms. The Labute approximate surface area is 97.9 Å². The number of aliphatic carboxylic acids is 1. The molecule has 6 heteroatoms. The molecule has 2 rings (SSSR count). The van der Waals surface area contributed by atoms with Gasteiger partial charge < -0.3 is 14.6 Å². The monoisotopic (exact) mass is 319 g/mol. The van der Waals surface area contributed by atoms with Crippen molar-refractivity contribution >= 4 is 39.7 Å². The van der Waals surface area contributed by atoms with Gasteiger partial charge >= 0.3 is 5.97 Å². The van der Waals surface area contributed by atoms with Crippen LogP contribution in [-0.4, -0.2) is 21.2 Å². The highest BCUT2D eigenvalue weighted by atomic mass is 127. The summed E-state index contributed by atoms with van der Waals surface area (Å²) in [6.07, 6.45) is -1.71. The van der Waals surface area contributed by atoms with Gasteiger partial charge in [-0.2, -0.15) is 0 Å². The van der Waals surface area contributed by atoms with Crippen LogP contribution in [0.4, 0.5) is 0 Å². The molecule has 1 aromatic heterocycles. The maximum absolute atomic E-state index is 10.5. The van der Waals surface area contributed by atoms with E-state index in [4.69, 9.17) is 9.52 Å². The minimum atomic E-state index is -1.71. The van der Waals surface area contributed by atoms with Crippen molar-refractivity contribution in [3.8, 4) is 0 Å². The van der Waals surface area contributed by atoms with Crippen LogP contribution in [0, 0.1) is 3.57 Å². The first-order valence-electron chi connectivity index (χ1n) is 4.05. The largest absolute Gasteiger partial charge is 0.479 e. The summed E-state index contributed by atoms with van der Waals surface area (Å²) in [5, 5.41) is 17.8. The Balaban J connectivity index is 2.51. The molecule has 0 aliphatic heterocycles. The molecule has 0 amide bonds. The van der Waals surface area contributed by atoms with Crippen molar-refractivity contribution in [2.24, 2.45) is 0 Å². The van der Waals surface area contributed by atoms with E-state index in [-0.39, 0.29) is 5.89 Å². The molecule has 0 saturated carbocycles. The van der Waals surface area contributed by atoms with E-state index in [0.717, 1.165) is 3.57 Å². The molecule has 2 N–H and O–H groups in total. The van der Waals surface area contributed by atoms with Crippen LogP contribution in [0.3, 0.4) is 0 Å². The summed E-state index contributed by atoms with van der Waals surface area (Å²) < 4.78 is 6.06. The highest BCUT2D eigenvalue weighted by Gasteiger charge is 2.22. The number of fused-ring (bicyclic) bond motifs is 1. The summed E-state index contributed by atoms with van der Waals surface area (Å²) in [6.45, 7) is 0. The highest BCUT2D eigenvalue weighted by Crippen LogP contribution is 2.21. The van der Waals surface area contributed by atoms with Gasteiger partial charge in [0, 0.05) is 3.57 Å². The Morgan fingerprint density at radius 3 is 2.93 bits per heavy atom. The van der Waals surface area contributed by atoms with Crippen molar-refractivity contribution in [1.29, 1.82) is 0 Å². The van der Waals surface area contributed by atoms with E-state index in [1.807, 2.05) is 6.07 Å². The van der Waals surface area contributed by atoms with Crippen molar-refractivity contribution < 1.29 is 19.4 Å². The molecule has 15 heavy (non-hydrogen) atoms. The summed E-state index contributed by atoms with van der Waals surface area (Å²) in [5.41, 5.74) is 1.00. The molecule has 0 aliphatic rings. The van der Waals surface area contributed by atoms with Crippen LogP contribution in [0.1, 0.15) is 12.0 Å². The van der Waals surface area contributed by atoms with E-state index in [9.17, 15) is 9.90 Å². The van der Waals surface area contributed by atoms with Gasteiger partial charge in [-0.1, -0.05) is 0 Å². The smallest absolute Gasteiger partial charge is 0.342 e. The van der Waals surface area contributed by atoms with Gasteiger partial charge in [0.2, 0.25) is 12.0 Å². The first-order valence-corrected chi connectivity index (χ1v) is 5.12. The molecule has 0 radical (unpaired) electrons.